The van der Waals surface area contributed by atoms with Gasteiger partial charge in [-0.05, 0) is 49.2 Å². The molecule has 0 radical (unpaired) electrons. The van der Waals surface area contributed by atoms with Gasteiger partial charge in [0.25, 0.3) is 0 Å². The fraction of sp³-hybridized carbons (Fsp3) is 0.381. The Labute approximate surface area is 172 Å². The molecule has 2 aromatic carbocycles. The Bertz CT molecular complexity index is 890. The summed E-state index contributed by atoms with van der Waals surface area (Å²) in [5, 5.41) is 6.12. The van der Waals surface area contributed by atoms with Crippen molar-refractivity contribution in [1.29, 1.82) is 0 Å². The van der Waals surface area contributed by atoms with Crippen molar-refractivity contribution in [1.82, 2.24) is 10.6 Å². The number of halogens is 5. The van der Waals surface area contributed by atoms with E-state index in [-0.39, 0.29) is 35.8 Å². The minimum Gasteiger partial charge on any atom is -0.351 e. The monoisotopic (exact) mass is 428 g/mol. The number of amides is 1. The third-order valence-corrected chi connectivity index (χ3v) is 5.68. The molecule has 4 atom stereocenters. The molecule has 156 valence electrons. The van der Waals surface area contributed by atoms with Crippen LogP contribution in [0.5, 0.6) is 0 Å². The van der Waals surface area contributed by atoms with Crippen molar-refractivity contribution in [2.75, 3.05) is 13.1 Å². The normalized spacial score (nSPS) is 25.8. The molecule has 4 rings (SSSR count). The maximum absolute atomic E-state index is 13.9. The quantitative estimate of drug-likeness (QED) is 0.722. The summed E-state index contributed by atoms with van der Waals surface area (Å²) in [6.45, 7) is 1.18. The molecular weight excluding hydrogens is 408 g/mol. The number of benzene rings is 2. The molecule has 0 spiro atoms. The molecule has 1 aliphatic carbocycles. The van der Waals surface area contributed by atoms with Gasteiger partial charge in [-0.1, -0.05) is 12.1 Å². The SMILES string of the molecule is Cl.O=C(NC1CNCCC1c1ccc(F)c(F)c1)C1CC1c1c(F)cccc1F. The van der Waals surface area contributed by atoms with Gasteiger partial charge >= 0.3 is 0 Å². The van der Waals surface area contributed by atoms with Gasteiger partial charge in [-0.2, -0.15) is 0 Å². The molecular formula is C21H21ClF4N2O. The molecule has 1 saturated carbocycles. The Balaban J connectivity index is 0.00000240. The largest absolute Gasteiger partial charge is 0.351 e. The van der Waals surface area contributed by atoms with Gasteiger partial charge in [-0.15, -0.1) is 12.4 Å². The number of hydrogen-bond acceptors (Lipinski definition) is 2. The topological polar surface area (TPSA) is 41.1 Å². The number of carbonyl (C=O) groups excluding carboxylic acids is 1. The van der Waals surface area contributed by atoms with Crippen LogP contribution in [0.15, 0.2) is 36.4 Å². The van der Waals surface area contributed by atoms with E-state index >= 15 is 0 Å². The maximum Gasteiger partial charge on any atom is 0.224 e. The number of carbonyl (C=O) groups is 1. The highest BCUT2D eigenvalue weighted by atomic mass is 35.5. The van der Waals surface area contributed by atoms with E-state index in [2.05, 4.69) is 10.6 Å². The fourth-order valence-electron chi connectivity index (χ4n) is 4.11. The first kappa shape index (κ1) is 21.6. The zero-order valence-electron chi connectivity index (χ0n) is 15.4. The van der Waals surface area contributed by atoms with Crippen LogP contribution in [0, 0.1) is 29.2 Å². The van der Waals surface area contributed by atoms with Crippen LogP contribution in [0.3, 0.4) is 0 Å². The van der Waals surface area contributed by atoms with Gasteiger partial charge in [-0.25, -0.2) is 17.6 Å². The van der Waals surface area contributed by atoms with Crippen LogP contribution in [-0.2, 0) is 4.79 Å². The summed E-state index contributed by atoms with van der Waals surface area (Å²) >= 11 is 0. The van der Waals surface area contributed by atoms with E-state index in [0.29, 0.717) is 31.5 Å². The van der Waals surface area contributed by atoms with Gasteiger partial charge in [-0.3, -0.25) is 4.79 Å². The molecule has 1 amide bonds. The number of hydrogen-bond donors (Lipinski definition) is 2. The molecule has 1 aliphatic heterocycles. The van der Waals surface area contributed by atoms with E-state index in [1.165, 1.54) is 30.3 Å². The molecule has 1 heterocycles. The second-order valence-electron chi connectivity index (χ2n) is 7.47. The molecule has 2 aliphatic rings. The minimum absolute atomic E-state index is 0. The maximum atomic E-state index is 13.9. The molecule has 2 N–H and O–H groups in total. The molecule has 4 unspecified atom stereocenters. The van der Waals surface area contributed by atoms with Gasteiger partial charge < -0.3 is 10.6 Å². The van der Waals surface area contributed by atoms with Crippen LogP contribution in [0.25, 0.3) is 0 Å². The van der Waals surface area contributed by atoms with Crippen LogP contribution < -0.4 is 10.6 Å². The Morgan fingerprint density at radius 3 is 2.38 bits per heavy atom. The van der Waals surface area contributed by atoms with E-state index in [9.17, 15) is 22.4 Å². The van der Waals surface area contributed by atoms with Crippen molar-refractivity contribution in [3.63, 3.8) is 0 Å². The van der Waals surface area contributed by atoms with Crippen LogP contribution in [0.1, 0.15) is 35.8 Å². The van der Waals surface area contributed by atoms with Gasteiger partial charge in [0, 0.05) is 35.9 Å². The van der Waals surface area contributed by atoms with E-state index in [1.54, 1.807) is 0 Å². The van der Waals surface area contributed by atoms with Crippen molar-refractivity contribution in [3.05, 3.63) is 70.8 Å². The van der Waals surface area contributed by atoms with Crippen molar-refractivity contribution in [2.45, 2.75) is 30.7 Å². The van der Waals surface area contributed by atoms with E-state index in [0.717, 1.165) is 6.07 Å². The predicted octanol–water partition coefficient (Wildman–Crippen LogP) is 4.03. The molecule has 0 bridgehead atoms. The Morgan fingerprint density at radius 1 is 0.966 bits per heavy atom. The first-order chi connectivity index (χ1) is 13.5. The summed E-state index contributed by atoms with van der Waals surface area (Å²) < 4.78 is 54.8. The Kier molecular flexibility index (Phi) is 6.49. The molecule has 3 nitrogen and oxygen atoms in total. The van der Waals surface area contributed by atoms with Crippen LogP contribution in [0.4, 0.5) is 17.6 Å². The third kappa shape index (κ3) is 4.41. The zero-order chi connectivity index (χ0) is 19.8. The molecule has 2 fully saturated rings. The highest BCUT2D eigenvalue weighted by Crippen LogP contribution is 2.49. The Hall–Kier alpha value is -2.12. The van der Waals surface area contributed by atoms with Crippen LogP contribution in [-0.4, -0.2) is 25.0 Å². The van der Waals surface area contributed by atoms with Gasteiger partial charge in [0.1, 0.15) is 11.6 Å². The highest BCUT2D eigenvalue weighted by molar-refractivity contribution is 5.85. The number of piperidine rings is 1. The lowest BCUT2D eigenvalue weighted by Gasteiger charge is -2.33. The molecule has 8 heteroatoms. The van der Waals surface area contributed by atoms with Crippen molar-refractivity contribution >= 4 is 18.3 Å². The number of rotatable bonds is 4. The highest BCUT2D eigenvalue weighted by Gasteiger charge is 2.47. The second-order valence-corrected chi connectivity index (χ2v) is 7.47. The lowest BCUT2D eigenvalue weighted by Crippen LogP contribution is -2.50. The first-order valence-electron chi connectivity index (χ1n) is 9.35. The van der Waals surface area contributed by atoms with E-state index in [1.807, 2.05) is 0 Å². The van der Waals surface area contributed by atoms with Gasteiger partial charge in [0.05, 0.1) is 0 Å². The van der Waals surface area contributed by atoms with Crippen molar-refractivity contribution < 1.29 is 22.4 Å². The predicted molar refractivity (Wildman–Crippen MR) is 103 cm³/mol. The average Bonchev–Trinajstić information content (AvgIpc) is 3.45. The average molecular weight is 429 g/mol. The van der Waals surface area contributed by atoms with Crippen LogP contribution >= 0.6 is 12.4 Å². The summed E-state index contributed by atoms with van der Waals surface area (Å²) in [6, 6.07) is 7.15. The minimum atomic E-state index is -0.918. The van der Waals surface area contributed by atoms with E-state index < -0.39 is 35.1 Å². The molecule has 1 saturated heterocycles. The fourth-order valence-corrected chi connectivity index (χ4v) is 4.11. The molecule has 2 aromatic rings. The summed E-state index contributed by atoms with van der Waals surface area (Å²) in [6.07, 6.45) is 1.05. The molecule has 0 aromatic heterocycles. The summed E-state index contributed by atoms with van der Waals surface area (Å²) in [5.74, 6) is -4.50. The Morgan fingerprint density at radius 2 is 1.69 bits per heavy atom. The summed E-state index contributed by atoms with van der Waals surface area (Å²) in [7, 11) is 0. The number of nitrogens with one attached hydrogen (secondary N) is 2. The standard InChI is InChI=1S/C21H20F4N2O.ClH/c22-15-5-4-11(8-18(15)25)12-6-7-26-10-19(12)27-21(28)14-9-13(14)20-16(23)2-1-3-17(20)24;/h1-5,8,12-14,19,26H,6-7,9-10H2,(H,27,28);1H. The lowest BCUT2D eigenvalue weighted by atomic mass is 9.86. The summed E-state index contributed by atoms with van der Waals surface area (Å²) in [5.41, 5.74) is 0.583. The third-order valence-electron chi connectivity index (χ3n) is 5.68. The molecule has 29 heavy (non-hydrogen) atoms. The van der Waals surface area contributed by atoms with Gasteiger partial charge in [0.2, 0.25) is 5.91 Å². The zero-order valence-corrected chi connectivity index (χ0v) is 16.2. The van der Waals surface area contributed by atoms with Crippen LogP contribution in [0.2, 0.25) is 0 Å². The van der Waals surface area contributed by atoms with Gasteiger partial charge in [0.15, 0.2) is 11.6 Å². The first-order valence-corrected chi connectivity index (χ1v) is 9.35. The second kappa shape index (κ2) is 8.71. The van der Waals surface area contributed by atoms with Crippen molar-refractivity contribution in [3.8, 4) is 0 Å². The lowest BCUT2D eigenvalue weighted by molar-refractivity contribution is -0.123. The smallest absolute Gasteiger partial charge is 0.224 e. The summed E-state index contributed by atoms with van der Waals surface area (Å²) in [4.78, 5) is 12.7. The van der Waals surface area contributed by atoms with E-state index in [4.69, 9.17) is 0 Å². The van der Waals surface area contributed by atoms with Crippen molar-refractivity contribution in [2.24, 2.45) is 5.92 Å².